The maximum absolute atomic E-state index is 12.3. The third kappa shape index (κ3) is 15.6. The zero-order valence-corrected chi connectivity index (χ0v) is 24.7. The molecule has 39 heavy (non-hydrogen) atoms. The van der Waals surface area contributed by atoms with E-state index in [-0.39, 0.29) is 28.6 Å². The summed E-state index contributed by atoms with van der Waals surface area (Å²) in [5, 5.41) is 24.6. The fourth-order valence-corrected chi connectivity index (χ4v) is 4.01. The molecule has 0 N–H and O–H groups in total. The molecule has 0 aromatic heterocycles. The van der Waals surface area contributed by atoms with Crippen molar-refractivity contribution < 1.29 is 36.8 Å². The predicted octanol–water partition coefficient (Wildman–Crippen LogP) is 6.85. The molecule has 0 fully saturated rings. The van der Waals surface area contributed by atoms with Crippen LogP contribution in [0.15, 0.2) is 46.4 Å². The van der Waals surface area contributed by atoms with Gasteiger partial charge in [-0.1, -0.05) is 102 Å². The number of benzene rings is 2. The first-order valence-corrected chi connectivity index (χ1v) is 14.5. The predicted molar refractivity (Wildman–Crippen MR) is 154 cm³/mol. The Morgan fingerprint density at radius 2 is 0.974 bits per heavy atom. The minimum Gasteiger partial charge on any atom is -0.872 e. The van der Waals surface area contributed by atoms with Crippen LogP contribution in [-0.4, -0.2) is 38.7 Å². The Bertz CT molecular complexity index is 888. The van der Waals surface area contributed by atoms with Gasteiger partial charge in [-0.3, -0.25) is 9.98 Å². The van der Waals surface area contributed by atoms with Crippen LogP contribution < -0.4 is 19.7 Å². The third-order valence-corrected chi connectivity index (χ3v) is 6.32. The molecule has 219 valence electrons. The van der Waals surface area contributed by atoms with Crippen LogP contribution in [0.5, 0.6) is 23.0 Å². The van der Waals surface area contributed by atoms with Gasteiger partial charge in [0.25, 0.3) is 0 Å². The second-order valence-corrected chi connectivity index (χ2v) is 9.70. The van der Waals surface area contributed by atoms with Gasteiger partial charge in [0.1, 0.15) is 11.5 Å². The molecule has 1 radical (unpaired) electrons. The van der Waals surface area contributed by atoms with Crippen LogP contribution in [0, 0.1) is 0 Å². The molecule has 0 aliphatic rings. The van der Waals surface area contributed by atoms with Crippen LogP contribution in [0.3, 0.4) is 0 Å². The fraction of sp³-hybridized carbons (Fsp3) is 0.562. The van der Waals surface area contributed by atoms with Gasteiger partial charge < -0.3 is 19.7 Å². The number of hydrogen-bond donors (Lipinski definition) is 0. The van der Waals surface area contributed by atoms with Gasteiger partial charge in [-0.05, 0) is 48.2 Å². The van der Waals surface area contributed by atoms with E-state index in [4.69, 9.17) is 9.47 Å². The summed E-state index contributed by atoms with van der Waals surface area (Å²) in [4.78, 5) is 8.60. The molecule has 0 bridgehead atoms. The Morgan fingerprint density at radius 3 is 1.36 bits per heavy atom. The van der Waals surface area contributed by atoms with Crippen molar-refractivity contribution in [1.82, 2.24) is 0 Å². The summed E-state index contributed by atoms with van der Waals surface area (Å²) in [6.07, 6.45) is 17.6. The van der Waals surface area contributed by atoms with E-state index in [9.17, 15) is 10.2 Å². The summed E-state index contributed by atoms with van der Waals surface area (Å²) in [7, 11) is 0. The van der Waals surface area contributed by atoms with Crippen LogP contribution in [0.25, 0.3) is 0 Å². The third-order valence-electron chi connectivity index (χ3n) is 6.32. The van der Waals surface area contributed by atoms with E-state index in [1.165, 1.54) is 63.5 Å². The number of nitrogens with zero attached hydrogens (tertiary/aromatic N) is 2. The van der Waals surface area contributed by atoms with E-state index < -0.39 is 0 Å². The molecule has 0 amide bonds. The monoisotopic (exact) mass is 585 g/mol. The van der Waals surface area contributed by atoms with Crippen molar-refractivity contribution in [2.75, 3.05) is 26.3 Å². The van der Waals surface area contributed by atoms with Gasteiger partial charge in [-0.25, -0.2) is 0 Å². The summed E-state index contributed by atoms with van der Waals surface area (Å²) in [6, 6.07) is 10.2. The molecule has 0 unspecified atom stereocenters. The number of hydrogen-bond acceptors (Lipinski definition) is 6. The van der Waals surface area contributed by atoms with Crippen molar-refractivity contribution in [3.63, 3.8) is 0 Å². The summed E-state index contributed by atoms with van der Waals surface area (Å²) < 4.78 is 11.4. The van der Waals surface area contributed by atoms with E-state index in [0.717, 1.165) is 25.7 Å². The van der Waals surface area contributed by atoms with Crippen molar-refractivity contribution in [3.8, 4) is 23.0 Å². The Hall–Kier alpha value is -2.50. The van der Waals surface area contributed by atoms with Crippen LogP contribution in [0.4, 0.5) is 0 Å². The van der Waals surface area contributed by atoms with Gasteiger partial charge in [0, 0.05) is 12.4 Å². The maximum Gasteiger partial charge on any atom is 2.00 e. The average Bonchev–Trinajstić information content (AvgIpc) is 2.91. The zero-order chi connectivity index (χ0) is 27.3. The number of rotatable bonds is 21. The first-order valence-electron chi connectivity index (χ1n) is 14.5. The Labute approximate surface area is 246 Å². The van der Waals surface area contributed by atoms with Gasteiger partial charge in [-0.15, -0.1) is 0 Å². The Morgan fingerprint density at radius 1 is 0.590 bits per heavy atom. The number of unbranched alkanes of at least 4 members (excludes halogenated alkanes) is 10. The standard InChI is InChI=1S/C32H48N2O4.Cu/c1-3-5-7-9-11-13-21-37-29-17-15-27(31(35)23-29)25-33-19-20-34-26-28-16-18-30(24-32(28)36)38-22-14-12-10-8-6-4-2;/h15-18,23-26,35-36H,3-14,19-22H2,1-2H3;/q;+2/p-2. The molecule has 0 heterocycles. The molecule has 0 saturated carbocycles. The van der Waals surface area contributed by atoms with Crippen LogP contribution in [-0.2, 0) is 17.1 Å². The second-order valence-electron chi connectivity index (χ2n) is 9.70. The number of ether oxygens (including phenoxy) is 2. The molecular formula is C32H46CuN2O4. The van der Waals surface area contributed by atoms with E-state index in [2.05, 4.69) is 23.8 Å². The summed E-state index contributed by atoms with van der Waals surface area (Å²) in [6.45, 7) is 6.56. The van der Waals surface area contributed by atoms with Crippen molar-refractivity contribution in [2.45, 2.75) is 90.9 Å². The average molecular weight is 586 g/mol. The molecule has 2 aromatic rings. The topological polar surface area (TPSA) is 89.3 Å². The minimum atomic E-state index is -0.104. The van der Waals surface area contributed by atoms with Gasteiger partial charge in [-0.2, -0.15) is 0 Å². The van der Waals surface area contributed by atoms with Crippen LogP contribution in [0.2, 0.25) is 0 Å². The molecule has 0 spiro atoms. The van der Waals surface area contributed by atoms with E-state index >= 15 is 0 Å². The molecule has 6 nitrogen and oxygen atoms in total. The van der Waals surface area contributed by atoms with Crippen LogP contribution >= 0.6 is 0 Å². The molecule has 2 rings (SSSR count). The smallest absolute Gasteiger partial charge is 0.872 e. The van der Waals surface area contributed by atoms with Crippen molar-refractivity contribution in [2.24, 2.45) is 9.98 Å². The van der Waals surface area contributed by atoms with Crippen LogP contribution in [0.1, 0.15) is 102 Å². The molecule has 0 aliphatic carbocycles. The van der Waals surface area contributed by atoms with Gasteiger partial charge in [0.15, 0.2) is 0 Å². The summed E-state index contributed by atoms with van der Waals surface area (Å²) in [5.74, 6) is 1.01. The second kappa shape index (κ2) is 22.3. The molecule has 0 atom stereocenters. The molecular weight excluding hydrogens is 540 g/mol. The zero-order valence-electron chi connectivity index (χ0n) is 23.8. The maximum atomic E-state index is 12.3. The molecule has 0 aliphatic heterocycles. The quantitative estimate of drug-likeness (QED) is 0.0910. The number of aliphatic imine (C=N–C) groups is 2. The first kappa shape index (κ1) is 34.5. The SMILES string of the molecule is CCCCCCCCOc1ccc(C=NCCN=Cc2ccc(OCCCCCCCC)cc2[O-])c([O-])c1.[Cu+2]. The van der Waals surface area contributed by atoms with E-state index in [1.54, 1.807) is 24.6 Å². The van der Waals surface area contributed by atoms with Crippen molar-refractivity contribution in [3.05, 3.63) is 47.5 Å². The van der Waals surface area contributed by atoms with Gasteiger partial charge in [0.05, 0.1) is 26.3 Å². The van der Waals surface area contributed by atoms with Gasteiger partial charge >= 0.3 is 17.1 Å². The summed E-state index contributed by atoms with van der Waals surface area (Å²) in [5.41, 5.74) is 1.05. The fourth-order valence-electron chi connectivity index (χ4n) is 4.01. The first-order chi connectivity index (χ1) is 18.6. The summed E-state index contributed by atoms with van der Waals surface area (Å²) >= 11 is 0. The Kier molecular flexibility index (Phi) is 19.8. The van der Waals surface area contributed by atoms with E-state index in [0.29, 0.717) is 48.9 Å². The molecule has 2 aromatic carbocycles. The van der Waals surface area contributed by atoms with E-state index in [1.807, 2.05) is 12.1 Å². The van der Waals surface area contributed by atoms with Crippen molar-refractivity contribution >= 4 is 12.4 Å². The molecule has 7 heteroatoms. The Balaban J connectivity index is 0.00000760. The minimum absolute atomic E-state index is 0. The normalized spacial score (nSPS) is 11.2. The largest absolute Gasteiger partial charge is 2.00 e. The molecule has 0 saturated heterocycles. The van der Waals surface area contributed by atoms with Crippen molar-refractivity contribution in [1.29, 1.82) is 0 Å². The van der Waals surface area contributed by atoms with Gasteiger partial charge in [0.2, 0.25) is 0 Å².